The van der Waals surface area contributed by atoms with E-state index in [1.165, 1.54) is 12.3 Å². The molecule has 1 amide bonds. The monoisotopic (exact) mass is 290 g/mol. The van der Waals surface area contributed by atoms with Gasteiger partial charge in [-0.1, -0.05) is 41.9 Å². The van der Waals surface area contributed by atoms with E-state index in [1.807, 2.05) is 30.3 Å². The second-order valence-electron chi connectivity index (χ2n) is 4.16. The van der Waals surface area contributed by atoms with Crippen LogP contribution >= 0.6 is 11.6 Å². The van der Waals surface area contributed by atoms with E-state index in [-0.39, 0.29) is 5.91 Å². The van der Waals surface area contributed by atoms with Gasteiger partial charge in [0.1, 0.15) is 5.15 Å². The van der Waals surface area contributed by atoms with Crippen LogP contribution in [-0.2, 0) is 11.3 Å². The second-order valence-corrected chi connectivity index (χ2v) is 4.55. The molecule has 0 aliphatic heterocycles. The van der Waals surface area contributed by atoms with Crippen LogP contribution in [0.25, 0.3) is 0 Å². The summed E-state index contributed by atoms with van der Waals surface area (Å²) in [5.74, 6) is -0.183. The second kappa shape index (κ2) is 7.62. The Morgan fingerprint density at radius 2 is 2.05 bits per heavy atom. The summed E-state index contributed by atoms with van der Waals surface area (Å²) in [5, 5.41) is 3.07. The van der Waals surface area contributed by atoms with Crippen molar-refractivity contribution in [2.75, 3.05) is 13.2 Å². The van der Waals surface area contributed by atoms with Crippen molar-refractivity contribution in [3.05, 3.63) is 64.9 Å². The molecule has 0 fully saturated rings. The van der Waals surface area contributed by atoms with Crippen LogP contribution in [0.1, 0.15) is 15.9 Å². The van der Waals surface area contributed by atoms with Gasteiger partial charge in [0.05, 0.1) is 13.2 Å². The molecule has 0 aliphatic rings. The van der Waals surface area contributed by atoms with Gasteiger partial charge in [0, 0.05) is 18.3 Å². The first-order valence-corrected chi connectivity index (χ1v) is 6.65. The SMILES string of the molecule is O=C(NCCOCc1ccccc1)c1ccnc(Cl)c1. The molecule has 0 saturated heterocycles. The molecule has 1 heterocycles. The number of ether oxygens (including phenoxy) is 1. The summed E-state index contributed by atoms with van der Waals surface area (Å²) >= 11 is 5.72. The van der Waals surface area contributed by atoms with Crippen molar-refractivity contribution in [3.63, 3.8) is 0 Å². The van der Waals surface area contributed by atoms with Crippen molar-refractivity contribution in [3.8, 4) is 0 Å². The van der Waals surface area contributed by atoms with Crippen LogP contribution in [0.3, 0.4) is 0 Å². The van der Waals surface area contributed by atoms with Crippen LogP contribution in [0.15, 0.2) is 48.7 Å². The van der Waals surface area contributed by atoms with E-state index in [1.54, 1.807) is 6.07 Å². The van der Waals surface area contributed by atoms with Crippen molar-refractivity contribution >= 4 is 17.5 Å². The lowest BCUT2D eigenvalue weighted by atomic mass is 10.2. The van der Waals surface area contributed by atoms with Crippen molar-refractivity contribution in [1.29, 1.82) is 0 Å². The van der Waals surface area contributed by atoms with E-state index in [0.29, 0.717) is 30.5 Å². The first-order valence-electron chi connectivity index (χ1n) is 6.27. The average Bonchev–Trinajstić information content (AvgIpc) is 2.48. The maximum absolute atomic E-state index is 11.8. The molecule has 104 valence electrons. The predicted molar refractivity (Wildman–Crippen MR) is 77.7 cm³/mol. The Kier molecular flexibility index (Phi) is 5.53. The molecule has 1 N–H and O–H groups in total. The maximum Gasteiger partial charge on any atom is 0.251 e. The fraction of sp³-hybridized carbons (Fsp3) is 0.200. The number of aromatic nitrogens is 1. The van der Waals surface area contributed by atoms with Crippen molar-refractivity contribution in [2.45, 2.75) is 6.61 Å². The van der Waals surface area contributed by atoms with Gasteiger partial charge in [-0.25, -0.2) is 4.98 Å². The first kappa shape index (κ1) is 14.5. The maximum atomic E-state index is 11.8. The third-order valence-electron chi connectivity index (χ3n) is 2.63. The third kappa shape index (κ3) is 4.64. The highest BCUT2D eigenvalue weighted by atomic mass is 35.5. The number of carbonyl (C=O) groups excluding carboxylic acids is 1. The number of benzene rings is 1. The minimum Gasteiger partial charge on any atom is -0.375 e. The van der Waals surface area contributed by atoms with Crippen LogP contribution in [-0.4, -0.2) is 24.0 Å². The highest BCUT2D eigenvalue weighted by Gasteiger charge is 2.05. The molecule has 1 aromatic heterocycles. The molecule has 0 spiro atoms. The van der Waals surface area contributed by atoms with Gasteiger partial charge < -0.3 is 10.1 Å². The fourth-order valence-corrected chi connectivity index (χ4v) is 1.82. The standard InChI is InChI=1S/C15H15ClN2O2/c16-14-10-13(6-7-17-14)15(19)18-8-9-20-11-12-4-2-1-3-5-12/h1-7,10H,8-9,11H2,(H,18,19). The van der Waals surface area contributed by atoms with E-state index >= 15 is 0 Å². The zero-order chi connectivity index (χ0) is 14.2. The van der Waals surface area contributed by atoms with Gasteiger partial charge in [0.25, 0.3) is 5.91 Å². The van der Waals surface area contributed by atoms with Gasteiger partial charge in [0.15, 0.2) is 0 Å². The summed E-state index contributed by atoms with van der Waals surface area (Å²) in [4.78, 5) is 15.6. The molecule has 0 radical (unpaired) electrons. The number of pyridine rings is 1. The summed E-state index contributed by atoms with van der Waals surface area (Å²) in [7, 11) is 0. The van der Waals surface area contributed by atoms with Crippen LogP contribution in [0.4, 0.5) is 0 Å². The Morgan fingerprint density at radius 1 is 1.25 bits per heavy atom. The molecule has 0 atom stereocenters. The third-order valence-corrected chi connectivity index (χ3v) is 2.84. The van der Waals surface area contributed by atoms with Crippen molar-refractivity contribution in [1.82, 2.24) is 10.3 Å². The number of amides is 1. The largest absolute Gasteiger partial charge is 0.375 e. The number of rotatable bonds is 6. The zero-order valence-corrected chi connectivity index (χ0v) is 11.6. The zero-order valence-electron chi connectivity index (χ0n) is 10.9. The van der Waals surface area contributed by atoms with Gasteiger partial charge in [-0.05, 0) is 17.7 Å². The van der Waals surface area contributed by atoms with Gasteiger partial charge in [-0.15, -0.1) is 0 Å². The first-order chi connectivity index (χ1) is 9.75. The topological polar surface area (TPSA) is 51.2 Å². The molecular weight excluding hydrogens is 276 g/mol. The smallest absolute Gasteiger partial charge is 0.251 e. The minimum atomic E-state index is -0.183. The molecule has 20 heavy (non-hydrogen) atoms. The highest BCUT2D eigenvalue weighted by molar-refractivity contribution is 6.29. The molecular formula is C15H15ClN2O2. The van der Waals surface area contributed by atoms with Crippen molar-refractivity contribution < 1.29 is 9.53 Å². The van der Waals surface area contributed by atoms with Crippen LogP contribution < -0.4 is 5.32 Å². The van der Waals surface area contributed by atoms with E-state index in [9.17, 15) is 4.79 Å². The molecule has 4 nitrogen and oxygen atoms in total. The molecule has 5 heteroatoms. The fourth-order valence-electron chi connectivity index (χ4n) is 1.65. The van der Waals surface area contributed by atoms with E-state index < -0.39 is 0 Å². The Balaban J connectivity index is 1.67. The lowest BCUT2D eigenvalue weighted by Crippen LogP contribution is -2.27. The average molecular weight is 291 g/mol. The summed E-state index contributed by atoms with van der Waals surface area (Å²) in [6, 6.07) is 13.0. The van der Waals surface area contributed by atoms with E-state index in [4.69, 9.17) is 16.3 Å². The minimum absolute atomic E-state index is 0.183. The Labute approximate surface area is 122 Å². The summed E-state index contributed by atoms with van der Waals surface area (Å²) < 4.78 is 5.48. The van der Waals surface area contributed by atoms with Crippen molar-refractivity contribution in [2.24, 2.45) is 0 Å². The Bertz CT molecular complexity index is 561. The normalized spacial score (nSPS) is 10.2. The molecule has 0 aliphatic carbocycles. The lowest BCUT2D eigenvalue weighted by molar-refractivity contribution is 0.0901. The van der Waals surface area contributed by atoms with Gasteiger partial charge in [0.2, 0.25) is 0 Å². The van der Waals surface area contributed by atoms with Gasteiger partial charge in [-0.3, -0.25) is 4.79 Å². The number of carbonyl (C=O) groups is 1. The number of hydrogen-bond donors (Lipinski definition) is 1. The number of nitrogens with zero attached hydrogens (tertiary/aromatic N) is 1. The van der Waals surface area contributed by atoms with Gasteiger partial charge >= 0.3 is 0 Å². The number of nitrogens with one attached hydrogen (secondary N) is 1. The summed E-state index contributed by atoms with van der Waals surface area (Å²) in [6.45, 7) is 1.45. The van der Waals surface area contributed by atoms with Crippen LogP contribution in [0.2, 0.25) is 5.15 Å². The van der Waals surface area contributed by atoms with Crippen LogP contribution in [0.5, 0.6) is 0 Å². The molecule has 1 aromatic carbocycles. The number of halogens is 1. The molecule has 0 saturated carbocycles. The summed E-state index contributed by atoms with van der Waals surface area (Å²) in [5.41, 5.74) is 1.60. The quantitative estimate of drug-likeness (QED) is 0.657. The van der Waals surface area contributed by atoms with Crippen LogP contribution in [0, 0.1) is 0 Å². The van der Waals surface area contributed by atoms with Gasteiger partial charge in [-0.2, -0.15) is 0 Å². The van der Waals surface area contributed by atoms with E-state index in [0.717, 1.165) is 5.56 Å². The molecule has 0 unspecified atom stereocenters. The highest BCUT2D eigenvalue weighted by Crippen LogP contribution is 2.06. The molecule has 2 rings (SSSR count). The molecule has 2 aromatic rings. The van der Waals surface area contributed by atoms with E-state index in [2.05, 4.69) is 10.3 Å². The Morgan fingerprint density at radius 3 is 2.80 bits per heavy atom. The predicted octanol–water partition coefficient (Wildman–Crippen LogP) is 2.68. The summed E-state index contributed by atoms with van der Waals surface area (Å²) in [6.07, 6.45) is 1.50. The Hall–Kier alpha value is -1.91. The lowest BCUT2D eigenvalue weighted by Gasteiger charge is -2.06. The molecule has 0 bridgehead atoms. The number of hydrogen-bond acceptors (Lipinski definition) is 3.